The smallest absolute Gasteiger partial charge is 0.265 e. The average Bonchev–Trinajstić information content (AvgIpc) is 2.82. The van der Waals surface area contributed by atoms with Crippen molar-refractivity contribution in [2.45, 2.75) is 0 Å². The molecular weight excluding hydrogens is 256 g/mol. The Kier molecular flexibility index (Phi) is 3.43. The summed E-state index contributed by atoms with van der Waals surface area (Å²) in [5, 5.41) is 13.8. The Morgan fingerprint density at radius 1 is 1.35 bits per heavy atom. The molecule has 0 radical (unpaired) electrons. The van der Waals surface area contributed by atoms with E-state index in [1.165, 1.54) is 11.3 Å². The quantitative estimate of drug-likeness (QED) is 0.900. The van der Waals surface area contributed by atoms with E-state index >= 15 is 0 Å². The number of nitriles is 1. The van der Waals surface area contributed by atoms with Crippen molar-refractivity contribution in [3.8, 4) is 6.07 Å². The predicted molar refractivity (Wildman–Crippen MR) is 68.4 cm³/mol. The molecule has 1 N–H and O–H groups in total. The van der Waals surface area contributed by atoms with E-state index in [1.807, 2.05) is 11.4 Å². The summed E-state index contributed by atoms with van der Waals surface area (Å²) in [6.07, 6.45) is 0. The number of rotatable bonds is 2. The molecular formula is C12H7ClN2OS. The molecule has 0 spiro atoms. The number of hydrogen-bond acceptors (Lipinski definition) is 3. The molecule has 0 aliphatic carbocycles. The highest BCUT2D eigenvalue weighted by atomic mass is 35.5. The van der Waals surface area contributed by atoms with Crippen LogP contribution in [0, 0.1) is 11.3 Å². The van der Waals surface area contributed by atoms with Gasteiger partial charge in [0.1, 0.15) is 6.07 Å². The molecule has 0 aliphatic heterocycles. The molecule has 17 heavy (non-hydrogen) atoms. The van der Waals surface area contributed by atoms with Crippen LogP contribution < -0.4 is 5.32 Å². The van der Waals surface area contributed by atoms with Crippen molar-refractivity contribution in [3.05, 3.63) is 51.2 Å². The summed E-state index contributed by atoms with van der Waals surface area (Å²) in [6.45, 7) is 0. The Hall–Kier alpha value is -1.83. The van der Waals surface area contributed by atoms with Crippen LogP contribution in [0.1, 0.15) is 15.2 Å². The van der Waals surface area contributed by atoms with E-state index in [4.69, 9.17) is 16.9 Å². The fourth-order valence-electron chi connectivity index (χ4n) is 1.33. The van der Waals surface area contributed by atoms with Crippen molar-refractivity contribution in [3.63, 3.8) is 0 Å². The molecule has 2 aromatic rings. The van der Waals surface area contributed by atoms with Crippen molar-refractivity contribution < 1.29 is 4.79 Å². The monoisotopic (exact) mass is 262 g/mol. The second-order valence-corrected chi connectivity index (χ2v) is 4.56. The number of benzene rings is 1. The number of nitrogens with one attached hydrogen (secondary N) is 1. The van der Waals surface area contributed by atoms with Gasteiger partial charge in [-0.05, 0) is 23.6 Å². The maximum absolute atomic E-state index is 11.8. The molecule has 0 bridgehead atoms. The normalized spacial score (nSPS) is 9.65. The first kappa shape index (κ1) is 11.6. The van der Waals surface area contributed by atoms with Gasteiger partial charge in [0.05, 0.1) is 21.2 Å². The van der Waals surface area contributed by atoms with Crippen molar-refractivity contribution >= 4 is 34.5 Å². The summed E-state index contributed by atoms with van der Waals surface area (Å²) in [7, 11) is 0. The Bertz CT molecular complexity index is 587. The molecule has 84 valence electrons. The van der Waals surface area contributed by atoms with Gasteiger partial charge in [-0.1, -0.05) is 23.7 Å². The van der Waals surface area contributed by atoms with E-state index in [0.29, 0.717) is 15.6 Å². The highest BCUT2D eigenvalue weighted by molar-refractivity contribution is 7.12. The zero-order valence-corrected chi connectivity index (χ0v) is 10.2. The minimum Gasteiger partial charge on any atom is -0.320 e. The summed E-state index contributed by atoms with van der Waals surface area (Å²) >= 11 is 7.21. The van der Waals surface area contributed by atoms with E-state index in [2.05, 4.69) is 5.32 Å². The maximum Gasteiger partial charge on any atom is 0.265 e. The zero-order chi connectivity index (χ0) is 12.3. The maximum atomic E-state index is 11.8. The number of carbonyl (C=O) groups excluding carboxylic acids is 1. The van der Waals surface area contributed by atoms with E-state index in [0.717, 1.165) is 0 Å². The van der Waals surface area contributed by atoms with Gasteiger partial charge >= 0.3 is 0 Å². The van der Waals surface area contributed by atoms with Crippen LogP contribution in [0.2, 0.25) is 5.02 Å². The third-order valence-electron chi connectivity index (χ3n) is 2.12. The Morgan fingerprint density at radius 3 is 2.82 bits per heavy atom. The number of anilines is 1. The highest BCUT2D eigenvalue weighted by Gasteiger charge is 2.11. The molecule has 0 aliphatic rings. The summed E-state index contributed by atoms with van der Waals surface area (Å²) in [5.74, 6) is -0.237. The third-order valence-corrected chi connectivity index (χ3v) is 3.30. The predicted octanol–water partition coefficient (Wildman–Crippen LogP) is 3.53. The van der Waals surface area contributed by atoms with Crippen LogP contribution in [0.15, 0.2) is 35.7 Å². The zero-order valence-electron chi connectivity index (χ0n) is 8.61. The fourth-order valence-corrected chi connectivity index (χ4v) is 2.17. The van der Waals surface area contributed by atoms with Gasteiger partial charge < -0.3 is 5.32 Å². The number of thiophene rings is 1. The number of carbonyl (C=O) groups is 1. The van der Waals surface area contributed by atoms with Crippen molar-refractivity contribution in [2.75, 3.05) is 5.32 Å². The minimum absolute atomic E-state index is 0.237. The van der Waals surface area contributed by atoms with Crippen LogP contribution in [0.3, 0.4) is 0 Å². The van der Waals surface area contributed by atoms with Gasteiger partial charge in [-0.3, -0.25) is 4.79 Å². The van der Waals surface area contributed by atoms with Crippen molar-refractivity contribution in [1.29, 1.82) is 5.26 Å². The van der Waals surface area contributed by atoms with Gasteiger partial charge in [-0.25, -0.2) is 0 Å². The van der Waals surface area contributed by atoms with Gasteiger partial charge in [-0.2, -0.15) is 5.26 Å². The van der Waals surface area contributed by atoms with Crippen LogP contribution in [-0.4, -0.2) is 5.91 Å². The molecule has 0 atom stereocenters. The first-order chi connectivity index (χ1) is 8.22. The van der Waals surface area contributed by atoms with E-state index in [1.54, 1.807) is 30.3 Å². The van der Waals surface area contributed by atoms with Gasteiger partial charge in [0.25, 0.3) is 5.91 Å². The molecule has 0 unspecified atom stereocenters. The lowest BCUT2D eigenvalue weighted by Gasteiger charge is -2.06. The molecule has 0 saturated heterocycles. The standard InChI is InChI=1S/C12H7ClN2OS/c13-9-3-1-4-10(8(9)7-14)15-12(16)11-5-2-6-17-11/h1-6H,(H,15,16). The molecule has 3 nitrogen and oxygen atoms in total. The lowest BCUT2D eigenvalue weighted by atomic mass is 10.2. The number of hydrogen-bond donors (Lipinski definition) is 1. The first-order valence-electron chi connectivity index (χ1n) is 4.76. The molecule has 0 fully saturated rings. The third kappa shape index (κ3) is 2.47. The lowest BCUT2D eigenvalue weighted by Crippen LogP contribution is -2.11. The van der Waals surface area contributed by atoms with Crippen LogP contribution in [0.25, 0.3) is 0 Å². The number of nitrogens with zero attached hydrogens (tertiary/aromatic N) is 1. The number of halogens is 1. The minimum atomic E-state index is -0.237. The van der Waals surface area contributed by atoms with Gasteiger partial charge in [0, 0.05) is 0 Å². The topological polar surface area (TPSA) is 52.9 Å². The van der Waals surface area contributed by atoms with Gasteiger partial charge in [0.15, 0.2) is 0 Å². The highest BCUT2D eigenvalue weighted by Crippen LogP contribution is 2.24. The molecule has 0 saturated carbocycles. The molecule has 1 heterocycles. The summed E-state index contributed by atoms with van der Waals surface area (Å²) in [6, 6.07) is 10.4. The summed E-state index contributed by atoms with van der Waals surface area (Å²) in [5.41, 5.74) is 0.706. The molecule has 2 rings (SSSR count). The average molecular weight is 263 g/mol. The molecule has 1 aromatic carbocycles. The summed E-state index contributed by atoms with van der Waals surface area (Å²) in [4.78, 5) is 12.4. The lowest BCUT2D eigenvalue weighted by molar-refractivity contribution is 0.103. The van der Waals surface area contributed by atoms with Crippen LogP contribution in [-0.2, 0) is 0 Å². The van der Waals surface area contributed by atoms with Crippen LogP contribution in [0.4, 0.5) is 5.69 Å². The van der Waals surface area contributed by atoms with Crippen LogP contribution >= 0.6 is 22.9 Å². The Balaban J connectivity index is 2.29. The Morgan fingerprint density at radius 2 is 2.18 bits per heavy atom. The summed E-state index contributed by atoms with van der Waals surface area (Å²) < 4.78 is 0. The molecule has 1 amide bonds. The second kappa shape index (κ2) is 5.00. The SMILES string of the molecule is N#Cc1c(Cl)cccc1NC(=O)c1cccs1. The number of amides is 1. The van der Waals surface area contributed by atoms with Gasteiger partial charge in [0.2, 0.25) is 0 Å². The van der Waals surface area contributed by atoms with Gasteiger partial charge in [-0.15, -0.1) is 11.3 Å². The van der Waals surface area contributed by atoms with Crippen LogP contribution in [0.5, 0.6) is 0 Å². The van der Waals surface area contributed by atoms with Crippen molar-refractivity contribution in [1.82, 2.24) is 0 Å². The molecule has 5 heteroatoms. The fraction of sp³-hybridized carbons (Fsp3) is 0. The Labute approximate surface area is 107 Å². The first-order valence-corrected chi connectivity index (χ1v) is 6.01. The molecule has 1 aromatic heterocycles. The van der Waals surface area contributed by atoms with E-state index in [-0.39, 0.29) is 11.5 Å². The van der Waals surface area contributed by atoms with E-state index in [9.17, 15) is 4.79 Å². The second-order valence-electron chi connectivity index (χ2n) is 3.21. The van der Waals surface area contributed by atoms with Crippen molar-refractivity contribution in [2.24, 2.45) is 0 Å². The van der Waals surface area contributed by atoms with E-state index < -0.39 is 0 Å². The largest absolute Gasteiger partial charge is 0.320 e.